The molecule has 0 bridgehead atoms. The van der Waals surface area contributed by atoms with Crippen molar-refractivity contribution in [3.63, 3.8) is 0 Å². The molecule has 21 heavy (non-hydrogen) atoms. The number of hydrogen-bond donors (Lipinski definition) is 2. The second-order valence-electron chi connectivity index (χ2n) is 4.85. The van der Waals surface area contributed by atoms with Gasteiger partial charge < -0.3 is 10.3 Å². The molecule has 0 fully saturated rings. The van der Waals surface area contributed by atoms with Gasteiger partial charge in [0.2, 0.25) is 0 Å². The molecule has 5 nitrogen and oxygen atoms in total. The average molecular weight is 303 g/mol. The van der Waals surface area contributed by atoms with Gasteiger partial charge in [-0.25, -0.2) is 0 Å². The highest BCUT2D eigenvalue weighted by molar-refractivity contribution is 6.31. The first kappa shape index (κ1) is 13.7. The molecule has 0 aliphatic heterocycles. The van der Waals surface area contributed by atoms with Crippen LogP contribution in [0.25, 0.3) is 10.9 Å². The summed E-state index contributed by atoms with van der Waals surface area (Å²) in [6.07, 6.45) is 4.30. The van der Waals surface area contributed by atoms with Crippen LogP contribution < -0.4 is 5.32 Å². The standard InChI is InChI=1S/C15H15ClN4O/c1-20-14(5-7-19-20)15(21)17-6-4-10-9-18-13-3-2-11(16)8-12(10)13/h2-3,5,7-9,18H,4,6H2,1H3,(H,17,21). The van der Waals surface area contributed by atoms with Crippen LogP contribution in [0.3, 0.4) is 0 Å². The van der Waals surface area contributed by atoms with Gasteiger partial charge in [-0.1, -0.05) is 11.6 Å². The molecule has 0 aliphatic carbocycles. The maximum absolute atomic E-state index is 12.0. The van der Waals surface area contributed by atoms with Gasteiger partial charge in [-0.3, -0.25) is 9.48 Å². The number of carbonyl (C=O) groups is 1. The van der Waals surface area contributed by atoms with E-state index >= 15 is 0 Å². The Kier molecular flexibility index (Phi) is 3.66. The molecule has 0 radical (unpaired) electrons. The molecule has 0 spiro atoms. The van der Waals surface area contributed by atoms with Crippen molar-refractivity contribution in [1.82, 2.24) is 20.1 Å². The minimum Gasteiger partial charge on any atom is -0.361 e. The fraction of sp³-hybridized carbons (Fsp3) is 0.200. The van der Waals surface area contributed by atoms with E-state index in [-0.39, 0.29) is 5.91 Å². The van der Waals surface area contributed by atoms with Crippen molar-refractivity contribution in [3.8, 4) is 0 Å². The van der Waals surface area contributed by atoms with Crippen LogP contribution in [0.1, 0.15) is 16.1 Å². The highest BCUT2D eigenvalue weighted by Gasteiger charge is 2.10. The SMILES string of the molecule is Cn1nccc1C(=O)NCCc1c[nH]c2ccc(Cl)cc12. The summed E-state index contributed by atoms with van der Waals surface area (Å²) in [5, 5.41) is 8.68. The van der Waals surface area contributed by atoms with Gasteiger partial charge in [-0.05, 0) is 36.2 Å². The number of carbonyl (C=O) groups excluding carboxylic acids is 1. The zero-order valence-corrected chi connectivity index (χ0v) is 12.3. The first-order valence-corrected chi connectivity index (χ1v) is 7.04. The number of fused-ring (bicyclic) bond motifs is 1. The Morgan fingerprint density at radius 3 is 3.05 bits per heavy atom. The molecule has 1 amide bonds. The lowest BCUT2D eigenvalue weighted by Crippen LogP contribution is -2.27. The predicted molar refractivity (Wildman–Crippen MR) is 82.6 cm³/mol. The van der Waals surface area contributed by atoms with Crippen LogP contribution in [0.4, 0.5) is 0 Å². The number of aromatic amines is 1. The molecule has 2 heterocycles. The van der Waals surface area contributed by atoms with Gasteiger partial charge in [0.25, 0.3) is 5.91 Å². The molecule has 0 unspecified atom stereocenters. The van der Waals surface area contributed by atoms with Crippen LogP contribution in [-0.2, 0) is 13.5 Å². The van der Waals surface area contributed by atoms with E-state index in [1.165, 1.54) is 0 Å². The van der Waals surface area contributed by atoms with Gasteiger partial charge in [0.1, 0.15) is 5.69 Å². The van der Waals surface area contributed by atoms with Gasteiger partial charge >= 0.3 is 0 Å². The number of benzene rings is 1. The zero-order chi connectivity index (χ0) is 14.8. The summed E-state index contributed by atoms with van der Waals surface area (Å²) in [4.78, 5) is 15.2. The maximum Gasteiger partial charge on any atom is 0.269 e. The molecular formula is C15H15ClN4O. The Bertz CT molecular complexity index is 790. The third-order valence-electron chi connectivity index (χ3n) is 3.46. The third kappa shape index (κ3) is 2.78. The van der Waals surface area contributed by atoms with Crippen molar-refractivity contribution < 1.29 is 4.79 Å². The largest absolute Gasteiger partial charge is 0.361 e. The summed E-state index contributed by atoms with van der Waals surface area (Å²) in [5.41, 5.74) is 2.74. The second-order valence-corrected chi connectivity index (χ2v) is 5.29. The average Bonchev–Trinajstić information content (AvgIpc) is 3.05. The number of H-pyrrole nitrogens is 1. The van der Waals surface area contributed by atoms with Crippen molar-refractivity contribution in [2.45, 2.75) is 6.42 Å². The Morgan fingerprint density at radius 2 is 2.29 bits per heavy atom. The van der Waals surface area contributed by atoms with Crippen LogP contribution in [0.2, 0.25) is 5.02 Å². The number of amides is 1. The summed E-state index contributed by atoms with van der Waals surface area (Å²) in [5.74, 6) is -0.118. The summed E-state index contributed by atoms with van der Waals surface area (Å²) >= 11 is 6.02. The monoisotopic (exact) mass is 302 g/mol. The van der Waals surface area contributed by atoms with E-state index in [0.29, 0.717) is 17.3 Å². The number of aryl methyl sites for hydroxylation is 1. The van der Waals surface area contributed by atoms with E-state index in [9.17, 15) is 4.79 Å². The summed E-state index contributed by atoms with van der Waals surface area (Å²) in [6, 6.07) is 7.44. The van der Waals surface area contributed by atoms with Crippen LogP contribution in [0.5, 0.6) is 0 Å². The van der Waals surface area contributed by atoms with Crippen molar-refractivity contribution in [3.05, 3.63) is 52.9 Å². The summed E-state index contributed by atoms with van der Waals surface area (Å²) < 4.78 is 1.56. The smallest absolute Gasteiger partial charge is 0.269 e. The number of halogens is 1. The zero-order valence-electron chi connectivity index (χ0n) is 11.6. The fourth-order valence-corrected chi connectivity index (χ4v) is 2.53. The molecule has 2 N–H and O–H groups in total. The van der Waals surface area contributed by atoms with E-state index in [0.717, 1.165) is 22.9 Å². The van der Waals surface area contributed by atoms with E-state index in [1.807, 2.05) is 24.4 Å². The van der Waals surface area contributed by atoms with E-state index < -0.39 is 0 Å². The molecule has 108 valence electrons. The quantitative estimate of drug-likeness (QED) is 0.778. The maximum atomic E-state index is 12.0. The molecule has 0 saturated carbocycles. The molecular weight excluding hydrogens is 288 g/mol. The van der Waals surface area contributed by atoms with Gasteiger partial charge in [-0.2, -0.15) is 5.10 Å². The molecule has 6 heteroatoms. The molecule has 3 rings (SSSR count). The molecule has 2 aromatic heterocycles. The predicted octanol–water partition coefficient (Wildman–Crippen LogP) is 2.53. The Labute approximate surface area is 126 Å². The Balaban J connectivity index is 1.66. The first-order valence-electron chi connectivity index (χ1n) is 6.67. The van der Waals surface area contributed by atoms with Crippen LogP contribution in [0.15, 0.2) is 36.7 Å². The Hall–Kier alpha value is -2.27. The van der Waals surface area contributed by atoms with E-state index in [1.54, 1.807) is 24.0 Å². The normalized spacial score (nSPS) is 11.0. The summed E-state index contributed by atoms with van der Waals surface area (Å²) in [7, 11) is 1.75. The number of aromatic nitrogens is 3. The van der Waals surface area contributed by atoms with E-state index in [4.69, 9.17) is 11.6 Å². The molecule has 1 aromatic carbocycles. The van der Waals surface area contributed by atoms with Crippen molar-refractivity contribution >= 4 is 28.4 Å². The lowest BCUT2D eigenvalue weighted by Gasteiger charge is -2.05. The number of hydrogen-bond acceptors (Lipinski definition) is 2. The third-order valence-corrected chi connectivity index (χ3v) is 3.70. The van der Waals surface area contributed by atoms with Crippen LogP contribution >= 0.6 is 11.6 Å². The van der Waals surface area contributed by atoms with Crippen molar-refractivity contribution in [2.75, 3.05) is 6.54 Å². The summed E-state index contributed by atoms with van der Waals surface area (Å²) in [6.45, 7) is 0.559. The Morgan fingerprint density at radius 1 is 1.43 bits per heavy atom. The number of rotatable bonds is 4. The topological polar surface area (TPSA) is 62.7 Å². The second kappa shape index (κ2) is 5.61. The van der Waals surface area contributed by atoms with Crippen molar-refractivity contribution in [1.29, 1.82) is 0 Å². The lowest BCUT2D eigenvalue weighted by atomic mass is 10.1. The molecule has 3 aromatic rings. The van der Waals surface area contributed by atoms with Crippen molar-refractivity contribution in [2.24, 2.45) is 7.05 Å². The lowest BCUT2D eigenvalue weighted by molar-refractivity contribution is 0.0945. The van der Waals surface area contributed by atoms with Crippen LogP contribution in [0, 0.1) is 0 Å². The molecule has 0 aliphatic rings. The van der Waals surface area contributed by atoms with Crippen LogP contribution in [-0.4, -0.2) is 27.2 Å². The van der Waals surface area contributed by atoms with Gasteiger partial charge in [-0.15, -0.1) is 0 Å². The fourth-order valence-electron chi connectivity index (χ4n) is 2.36. The highest BCUT2D eigenvalue weighted by atomic mass is 35.5. The van der Waals surface area contributed by atoms with Gasteiger partial charge in [0.05, 0.1) is 0 Å². The van der Waals surface area contributed by atoms with Gasteiger partial charge in [0, 0.05) is 41.9 Å². The first-order chi connectivity index (χ1) is 10.1. The molecule has 0 atom stereocenters. The number of nitrogens with one attached hydrogen (secondary N) is 2. The molecule has 0 saturated heterocycles. The van der Waals surface area contributed by atoms with E-state index in [2.05, 4.69) is 15.4 Å². The highest BCUT2D eigenvalue weighted by Crippen LogP contribution is 2.22. The number of nitrogens with zero attached hydrogens (tertiary/aromatic N) is 2. The minimum atomic E-state index is -0.118. The van der Waals surface area contributed by atoms with Gasteiger partial charge in [0.15, 0.2) is 0 Å². The minimum absolute atomic E-state index is 0.118.